The second-order valence-corrected chi connectivity index (χ2v) is 4.98. The van der Waals surface area contributed by atoms with Crippen LogP contribution in [0.1, 0.15) is 28.4 Å². The Morgan fingerprint density at radius 3 is 2.65 bits per heavy atom. The number of hydrogen-bond acceptors (Lipinski definition) is 3. The number of nitrogens with one attached hydrogen (secondary N) is 1. The van der Waals surface area contributed by atoms with Gasteiger partial charge in [-0.15, -0.1) is 0 Å². The maximum Gasteiger partial charge on any atom is 0.101 e. The van der Waals surface area contributed by atoms with Crippen LogP contribution in [0, 0.1) is 0 Å². The van der Waals surface area contributed by atoms with Gasteiger partial charge in [0.15, 0.2) is 0 Å². The minimum atomic E-state index is -0.219. The summed E-state index contributed by atoms with van der Waals surface area (Å²) in [5.41, 5.74) is 11.7. The standard InChI is InChI=1S/C17H18N2O/c18-17-15-10-12(8-9-20)6-7-14(15)11-16(19-17)13-4-2-1-3-5-13/h1-7,10-11,17,19-20H,8-9,18H2. The molecular formula is C17H18N2O. The largest absolute Gasteiger partial charge is 0.396 e. The van der Waals surface area contributed by atoms with Crippen molar-refractivity contribution in [1.82, 2.24) is 5.32 Å². The van der Waals surface area contributed by atoms with E-state index >= 15 is 0 Å². The van der Waals surface area contributed by atoms with Gasteiger partial charge in [0.05, 0.1) is 0 Å². The van der Waals surface area contributed by atoms with Gasteiger partial charge in [-0.05, 0) is 34.8 Å². The predicted octanol–water partition coefficient (Wildman–Crippen LogP) is 2.28. The molecule has 102 valence electrons. The molecule has 0 bridgehead atoms. The van der Waals surface area contributed by atoms with Crippen LogP contribution in [0.5, 0.6) is 0 Å². The molecule has 0 saturated heterocycles. The van der Waals surface area contributed by atoms with Gasteiger partial charge in [-0.3, -0.25) is 0 Å². The van der Waals surface area contributed by atoms with Crippen molar-refractivity contribution < 1.29 is 5.11 Å². The lowest BCUT2D eigenvalue weighted by atomic mass is 9.95. The molecule has 3 nitrogen and oxygen atoms in total. The zero-order valence-corrected chi connectivity index (χ0v) is 11.2. The first-order chi connectivity index (χ1) is 9.78. The zero-order valence-electron chi connectivity index (χ0n) is 11.2. The van der Waals surface area contributed by atoms with Gasteiger partial charge in [-0.25, -0.2) is 0 Å². The first kappa shape index (κ1) is 12.9. The second kappa shape index (κ2) is 5.49. The Bertz CT molecular complexity index is 635. The molecule has 2 aromatic rings. The van der Waals surface area contributed by atoms with Crippen LogP contribution in [0.25, 0.3) is 11.8 Å². The first-order valence-electron chi connectivity index (χ1n) is 6.81. The van der Waals surface area contributed by atoms with Crippen LogP contribution in [0.4, 0.5) is 0 Å². The third-order valence-electron chi connectivity index (χ3n) is 3.58. The molecule has 1 heterocycles. The van der Waals surface area contributed by atoms with Crippen LogP contribution in [0.3, 0.4) is 0 Å². The fourth-order valence-corrected chi connectivity index (χ4v) is 2.54. The minimum absolute atomic E-state index is 0.159. The third-order valence-corrected chi connectivity index (χ3v) is 3.58. The summed E-state index contributed by atoms with van der Waals surface area (Å²) in [5, 5.41) is 12.4. The molecule has 0 fully saturated rings. The maximum absolute atomic E-state index is 9.02. The lowest BCUT2D eigenvalue weighted by molar-refractivity contribution is 0.299. The summed E-state index contributed by atoms with van der Waals surface area (Å²) in [7, 11) is 0. The van der Waals surface area contributed by atoms with Crippen LogP contribution in [-0.2, 0) is 6.42 Å². The van der Waals surface area contributed by atoms with Crippen LogP contribution in [0.15, 0.2) is 48.5 Å². The fraction of sp³-hybridized carbons (Fsp3) is 0.176. The summed E-state index contributed by atoms with van der Waals surface area (Å²) in [5.74, 6) is 0. The summed E-state index contributed by atoms with van der Waals surface area (Å²) < 4.78 is 0. The molecule has 1 unspecified atom stereocenters. The van der Waals surface area contributed by atoms with Gasteiger partial charge in [0.1, 0.15) is 6.17 Å². The van der Waals surface area contributed by atoms with E-state index in [0.29, 0.717) is 6.42 Å². The first-order valence-corrected chi connectivity index (χ1v) is 6.81. The van der Waals surface area contributed by atoms with Gasteiger partial charge < -0.3 is 16.2 Å². The van der Waals surface area contributed by atoms with Crippen LogP contribution in [0.2, 0.25) is 0 Å². The van der Waals surface area contributed by atoms with E-state index in [1.54, 1.807) is 0 Å². The average molecular weight is 266 g/mol. The highest BCUT2D eigenvalue weighted by Crippen LogP contribution is 2.28. The highest BCUT2D eigenvalue weighted by molar-refractivity contribution is 5.83. The van der Waals surface area contributed by atoms with E-state index in [2.05, 4.69) is 35.7 Å². The van der Waals surface area contributed by atoms with Crippen molar-refractivity contribution in [3.63, 3.8) is 0 Å². The van der Waals surface area contributed by atoms with E-state index in [1.165, 1.54) is 0 Å². The SMILES string of the molecule is NC1NC(c2ccccc2)=Cc2ccc(CCO)cc21. The molecule has 1 atom stereocenters. The van der Waals surface area contributed by atoms with E-state index in [-0.39, 0.29) is 12.8 Å². The Morgan fingerprint density at radius 2 is 1.90 bits per heavy atom. The summed E-state index contributed by atoms with van der Waals surface area (Å²) in [6.45, 7) is 0.159. The normalized spacial score (nSPS) is 17.1. The zero-order chi connectivity index (χ0) is 13.9. The molecule has 1 aliphatic rings. The minimum Gasteiger partial charge on any atom is -0.396 e. The van der Waals surface area contributed by atoms with Crippen LogP contribution >= 0.6 is 0 Å². The van der Waals surface area contributed by atoms with Gasteiger partial charge in [0.2, 0.25) is 0 Å². The number of benzene rings is 2. The smallest absolute Gasteiger partial charge is 0.101 e. The molecule has 0 aliphatic carbocycles. The Morgan fingerprint density at radius 1 is 1.10 bits per heavy atom. The summed E-state index contributed by atoms with van der Waals surface area (Å²) >= 11 is 0. The molecule has 0 saturated carbocycles. The number of nitrogens with two attached hydrogens (primary N) is 1. The van der Waals surface area contributed by atoms with Crippen molar-refractivity contribution in [2.75, 3.05) is 6.61 Å². The molecule has 0 spiro atoms. The van der Waals surface area contributed by atoms with Gasteiger partial charge in [-0.1, -0.05) is 48.5 Å². The summed E-state index contributed by atoms with van der Waals surface area (Å²) in [6, 6.07) is 16.4. The second-order valence-electron chi connectivity index (χ2n) is 4.98. The van der Waals surface area contributed by atoms with E-state index in [1.807, 2.05) is 24.3 Å². The fourth-order valence-electron chi connectivity index (χ4n) is 2.54. The van der Waals surface area contributed by atoms with Gasteiger partial charge in [-0.2, -0.15) is 0 Å². The van der Waals surface area contributed by atoms with Crippen molar-refractivity contribution >= 4 is 11.8 Å². The molecule has 1 aliphatic heterocycles. The average Bonchev–Trinajstić information content (AvgIpc) is 2.49. The van der Waals surface area contributed by atoms with E-state index in [4.69, 9.17) is 10.8 Å². The molecule has 2 aromatic carbocycles. The van der Waals surface area contributed by atoms with Gasteiger partial charge in [0.25, 0.3) is 0 Å². The molecule has 0 amide bonds. The molecule has 3 heteroatoms. The van der Waals surface area contributed by atoms with Crippen molar-refractivity contribution in [2.45, 2.75) is 12.6 Å². The van der Waals surface area contributed by atoms with E-state index < -0.39 is 0 Å². The van der Waals surface area contributed by atoms with Crippen molar-refractivity contribution in [3.05, 3.63) is 70.8 Å². The third kappa shape index (κ3) is 2.46. The molecule has 3 rings (SSSR count). The highest BCUT2D eigenvalue weighted by Gasteiger charge is 2.18. The summed E-state index contributed by atoms with van der Waals surface area (Å²) in [6.07, 6.45) is 2.57. The van der Waals surface area contributed by atoms with Crippen LogP contribution < -0.4 is 11.1 Å². The molecule has 4 N–H and O–H groups in total. The van der Waals surface area contributed by atoms with E-state index in [9.17, 15) is 0 Å². The highest BCUT2D eigenvalue weighted by atomic mass is 16.2. The number of fused-ring (bicyclic) bond motifs is 1. The Balaban J connectivity index is 1.99. The van der Waals surface area contributed by atoms with E-state index in [0.717, 1.165) is 28.0 Å². The Hall–Kier alpha value is -2.10. The van der Waals surface area contributed by atoms with Crippen molar-refractivity contribution in [2.24, 2.45) is 5.73 Å². The summed E-state index contributed by atoms with van der Waals surface area (Å²) in [4.78, 5) is 0. The quantitative estimate of drug-likeness (QED) is 0.799. The number of hydrogen-bond donors (Lipinski definition) is 3. The number of rotatable bonds is 3. The topological polar surface area (TPSA) is 58.3 Å². The predicted molar refractivity (Wildman–Crippen MR) is 81.6 cm³/mol. The maximum atomic E-state index is 9.02. The van der Waals surface area contributed by atoms with Gasteiger partial charge >= 0.3 is 0 Å². The Labute approximate surface area is 118 Å². The van der Waals surface area contributed by atoms with Crippen LogP contribution in [-0.4, -0.2) is 11.7 Å². The Kier molecular flexibility index (Phi) is 3.54. The number of aliphatic hydroxyl groups excluding tert-OH is 1. The monoisotopic (exact) mass is 266 g/mol. The number of aliphatic hydroxyl groups is 1. The molecule has 0 radical (unpaired) electrons. The molecule has 0 aromatic heterocycles. The lowest BCUT2D eigenvalue weighted by Gasteiger charge is -2.26. The van der Waals surface area contributed by atoms with Crippen molar-refractivity contribution in [1.29, 1.82) is 0 Å². The van der Waals surface area contributed by atoms with Crippen molar-refractivity contribution in [3.8, 4) is 0 Å². The van der Waals surface area contributed by atoms with Gasteiger partial charge in [0, 0.05) is 12.3 Å². The lowest BCUT2D eigenvalue weighted by Crippen LogP contribution is -2.30. The molecule has 20 heavy (non-hydrogen) atoms. The molecular weight excluding hydrogens is 248 g/mol.